The molecule has 0 radical (unpaired) electrons. The number of hydrogen-bond donors (Lipinski definition) is 4. The quantitative estimate of drug-likeness (QED) is 0.166. The van der Waals surface area contributed by atoms with Gasteiger partial charge in [0.15, 0.2) is 0 Å². The molecule has 3 atom stereocenters. The van der Waals surface area contributed by atoms with Crippen molar-refractivity contribution < 1.29 is 4.79 Å². The maximum Gasteiger partial charge on any atom is 0.256 e. The third-order valence-electron chi connectivity index (χ3n) is 5.59. The molecule has 0 bridgehead atoms. The summed E-state index contributed by atoms with van der Waals surface area (Å²) in [4.78, 5) is 12.9. The fourth-order valence-corrected chi connectivity index (χ4v) is 4.48. The van der Waals surface area contributed by atoms with E-state index in [1.165, 1.54) is 17.9 Å². The molecular formula is C19H41N5O. The van der Waals surface area contributed by atoms with Crippen molar-refractivity contribution in [1.82, 2.24) is 10.3 Å². The molecule has 1 aliphatic carbocycles. The summed E-state index contributed by atoms with van der Waals surface area (Å²) in [5.74, 6) is 6.07. The lowest BCUT2D eigenvalue weighted by Crippen LogP contribution is -2.66. The van der Waals surface area contributed by atoms with Crippen LogP contribution in [0.2, 0.25) is 0 Å². The highest BCUT2D eigenvalue weighted by Gasteiger charge is 2.48. The summed E-state index contributed by atoms with van der Waals surface area (Å²) >= 11 is 0. The minimum absolute atomic E-state index is 0.0288. The van der Waals surface area contributed by atoms with E-state index in [9.17, 15) is 4.79 Å². The fourth-order valence-electron chi connectivity index (χ4n) is 4.48. The summed E-state index contributed by atoms with van der Waals surface area (Å²) in [6, 6.07) is -0.894. The Hall–Kier alpha value is -0.690. The van der Waals surface area contributed by atoms with Crippen LogP contribution in [-0.4, -0.2) is 35.7 Å². The van der Waals surface area contributed by atoms with Crippen LogP contribution < -0.4 is 22.6 Å². The Bertz CT molecular complexity index is 415. The first-order chi connectivity index (χ1) is 11.5. The molecule has 0 heterocycles. The van der Waals surface area contributed by atoms with E-state index >= 15 is 0 Å². The van der Waals surface area contributed by atoms with Crippen LogP contribution in [0.4, 0.5) is 0 Å². The number of hydrazine groups is 1. The molecule has 148 valence electrons. The highest BCUT2D eigenvalue weighted by Crippen LogP contribution is 2.47. The first-order valence-electron chi connectivity index (χ1n) is 9.87. The van der Waals surface area contributed by atoms with E-state index in [2.05, 4.69) is 39.9 Å². The predicted molar refractivity (Wildman–Crippen MR) is 104 cm³/mol. The lowest BCUT2D eigenvalue weighted by atomic mass is 9.68. The van der Waals surface area contributed by atoms with E-state index in [1.54, 1.807) is 0 Å². The number of nitrogens with one attached hydrogen (secondary N) is 1. The molecule has 0 aliphatic heterocycles. The third kappa shape index (κ3) is 5.91. The normalized spacial score (nSPS) is 21.0. The van der Waals surface area contributed by atoms with Crippen LogP contribution in [0.25, 0.3) is 0 Å². The van der Waals surface area contributed by atoms with Gasteiger partial charge in [-0.15, -0.1) is 0 Å². The van der Waals surface area contributed by atoms with Gasteiger partial charge in [0, 0.05) is 0 Å². The Kier molecular flexibility index (Phi) is 8.32. The molecule has 0 saturated heterocycles. The largest absolute Gasteiger partial charge is 0.317 e. The van der Waals surface area contributed by atoms with Crippen LogP contribution >= 0.6 is 0 Å². The Balaban J connectivity index is 2.79. The zero-order valence-electron chi connectivity index (χ0n) is 17.0. The van der Waals surface area contributed by atoms with Gasteiger partial charge in [-0.05, 0) is 36.6 Å². The van der Waals surface area contributed by atoms with Gasteiger partial charge in [-0.25, -0.2) is 5.84 Å². The molecule has 6 heteroatoms. The molecule has 1 fully saturated rings. The van der Waals surface area contributed by atoms with Gasteiger partial charge in [-0.1, -0.05) is 60.3 Å². The lowest BCUT2D eigenvalue weighted by molar-refractivity contribution is -0.143. The fraction of sp³-hybridized carbons (Fsp3) is 0.947. The molecule has 3 unspecified atom stereocenters. The van der Waals surface area contributed by atoms with Crippen LogP contribution in [-0.2, 0) is 4.79 Å². The van der Waals surface area contributed by atoms with Crippen molar-refractivity contribution in [2.75, 3.05) is 6.54 Å². The number of unbranched alkanes of at least 4 members (excludes halogenated alkanes) is 2. The van der Waals surface area contributed by atoms with E-state index in [-0.39, 0.29) is 22.8 Å². The predicted octanol–water partition coefficient (Wildman–Crippen LogP) is 2.08. The van der Waals surface area contributed by atoms with Crippen molar-refractivity contribution in [3.63, 3.8) is 0 Å². The molecular weight excluding hydrogens is 314 g/mol. The maximum atomic E-state index is 12.9. The first-order valence-corrected chi connectivity index (χ1v) is 9.87. The average Bonchev–Trinajstić information content (AvgIpc) is 2.95. The number of nitrogens with two attached hydrogens (primary N) is 3. The number of carbonyl (C=O) groups excluding carboxylic acids is 1. The Morgan fingerprint density at radius 2 is 1.76 bits per heavy atom. The summed E-state index contributed by atoms with van der Waals surface area (Å²) in [5, 5.41) is 4.55. The maximum absolute atomic E-state index is 12.9. The average molecular weight is 356 g/mol. The molecule has 1 saturated carbocycles. The molecule has 6 nitrogen and oxygen atoms in total. The van der Waals surface area contributed by atoms with Crippen LogP contribution in [0.1, 0.15) is 79.6 Å². The lowest BCUT2D eigenvalue weighted by Gasteiger charge is -2.48. The zero-order chi connectivity index (χ0) is 19.3. The van der Waals surface area contributed by atoms with Crippen LogP contribution in [0.3, 0.4) is 0 Å². The van der Waals surface area contributed by atoms with E-state index in [4.69, 9.17) is 17.3 Å². The van der Waals surface area contributed by atoms with Crippen LogP contribution in [0.5, 0.6) is 0 Å². The van der Waals surface area contributed by atoms with Gasteiger partial charge in [0.1, 0.15) is 6.04 Å². The molecule has 0 spiro atoms. The molecule has 0 aromatic carbocycles. The van der Waals surface area contributed by atoms with Crippen LogP contribution in [0.15, 0.2) is 0 Å². The number of amides is 1. The van der Waals surface area contributed by atoms with Crippen molar-refractivity contribution in [1.29, 1.82) is 0 Å². The van der Waals surface area contributed by atoms with E-state index in [1.807, 2.05) is 0 Å². The van der Waals surface area contributed by atoms with Crippen molar-refractivity contribution >= 4 is 5.91 Å². The molecule has 1 rings (SSSR count). The summed E-state index contributed by atoms with van der Waals surface area (Å²) in [7, 11) is 0. The monoisotopic (exact) mass is 355 g/mol. The number of rotatable bonds is 9. The van der Waals surface area contributed by atoms with Gasteiger partial charge >= 0.3 is 0 Å². The summed E-state index contributed by atoms with van der Waals surface area (Å²) in [6.45, 7) is 11.6. The van der Waals surface area contributed by atoms with Gasteiger partial charge in [-0.2, -0.15) is 0 Å². The molecule has 0 aromatic rings. The third-order valence-corrected chi connectivity index (χ3v) is 5.59. The van der Waals surface area contributed by atoms with Gasteiger partial charge < -0.3 is 16.8 Å². The smallest absolute Gasteiger partial charge is 0.256 e. The summed E-state index contributed by atoms with van der Waals surface area (Å²) < 4.78 is 0. The summed E-state index contributed by atoms with van der Waals surface area (Å²) in [6.07, 6.45) is 7.29. The molecule has 1 amide bonds. The number of nitrogens with zero attached hydrogens (tertiary/aromatic N) is 1. The van der Waals surface area contributed by atoms with Gasteiger partial charge in [-0.3, -0.25) is 9.80 Å². The highest BCUT2D eigenvalue weighted by atomic mass is 16.2. The van der Waals surface area contributed by atoms with Crippen molar-refractivity contribution in [2.24, 2.45) is 28.1 Å². The number of hydrogen-bond acceptors (Lipinski definition) is 5. The highest BCUT2D eigenvalue weighted by molar-refractivity contribution is 5.82. The molecule has 7 N–H and O–H groups in total. The Labute approximate surface area is 154 Å². The van der Waals surface area contributed by atoms with Crippen LogP contribution in [0, 0.1) is 10.8 Å². The second kappa shape index (κ2) is 9.31. The van der Waals surface area contributed by atoms with E-state index < -0.39 is 12.2 Å². The molecule has 25 heavy (non-hydrogen) atoms. The van der Waals surface area contributed by atoms with Crippen molar-refractivity contribution in [3.05, 3.63) is 0 Å². The summed E-state index contributed by atoms with van der Waals surface area (Å²) in [5.41, 5.74) is 12.1. The molecule has 1 aliphatic rings. The second-order valence-electron chi connectivity index (χ2n) is 9.09. The van der Waals surface area contributed by atoms with Gasteiger partial charge in [0.2, 0.25) is 0 Å². The minimum Gasteiger partial charge on any atom is -0.317 e. The SMILES string of the molecule is CCCCCNC(N)C(N)C(=O)N(N)C(C(C)(C)C)C1(C)CCCC1. The van der Waals surface area contributed by atoms with E-state index in [0.717, 1.165) is 38.6 Å². The Morgan fingerprint density at radius 1 is 1.20 bits per heavy atom. The van der Waals surface area contributed by atoms with E-state index in [0.29, 0.717) is 0 Å². The number of carbonyl (C=O) groups is 1. The van der Waals surface area contributed by atoms with Gasteiger partial charge in [0.25, 0.3) is 5.91 Å². The van der Waals surface area contributed by atoms with Crippen molar-refractivity contribution in [2.45, 2.75) is 97.8 Å². The topological polar surface area (TPSA) is 110 Å². The standard InChI is InChI=1S/C19H41N5O/c1-6-7-10-13-23-15(21)14(20)16(25)24(22)17(18(2,3)4)19(5)11-8-9-12-19/h14-15,17,23H,6-13,20-22H2,1-5H3. The molecule has 0 aromatic heterocycles. The second-order valence-corrected chi connectivity index (χ2v) is 9.09. The zero-order valence-corrected chi connectivity index (χ0v) is 17.0. The first kappa shape index (κ1) is 22.4. The Morgan fingerprint density at radius 3 is 2.24 bits per heavy atom. The minimum atomic E-state index is -0.832. The van der Waals surface area contributed by atoms with Gasteiger partial charge in [0.05, 0.1) is 12.2 Å². The van der Waals surface area contributed by atoms with Crippen molar-refractivity contribution in [3.8, 4) is 0 Å².